The van der Waals surface area contributed by atoms with Gasteiger partial charge < -0.3 is 10.5 Å². The summed E-state index contributed by atoms with van der Waals surface area (Å²) < 4.78 is 5.83. The number of pyridine rings is 1. The van der Waals surface area contributed by atoms with Crippen molar-refractivity contribution in [2.75, 3.05) is 0 Å². The normalized spacial score (nSPS) is 12.2. The van der Waals surface area contributed by atoms with Crippen LogP contribution >= 0.6 is 0 Å². The lowest BCUT2D eigenvalue weighted by Gasteiger charge is -2.10. The van der Waals surface area contributed by atoms with Crippen molar-refractivity contribution in [1.82, 2.24) is 4.98 Å². The highest BCUT2D eigenvalue weighted by Crippen LogP contribution is 2.25. The molecule has 0 fully saturated rings. The van der Waals surface area contributed by atoms with Gasteiger partial charge in [-0.1, -0.05) is 25.1 Å². The van der Waals surface area contributed by atoms with E-state index in [0.29, 0.717) is 0 Å². The van der Waals surface area contributed by atoms with Crippen LogP contribution in [0.5, 0.6) is 11.5 Å². The zero-order valence-corrected chi connectivity index (χ0v) is 10.8. The Morgan fingerprint density at radius 1 is 1.22 bits per heavy atom. The third-order valence-electron chi connectivity index (χ3n) is 2.81. The molecule has 0 aliphatic heterocycles. The van der Waals surface area contributed by atoms with E-state index in [4.69, 9.17) is 10.5 Å². The summed E-state index contributed by atoms with van der Waals surface area (Å²) in [5.41, 5.74) is 7.81. The van der Waals surface area contributed by atoms with E-state index in [2.05, 4.69) is 18.0 Å². The number of aromatic nitrogens is 1. The number of para-hydroxylation sites is 1. The first-order chi connectivity index (χ1) is 8.70. The summed E-state index contributed by atoms with van der Waals surface area (Å²) in [6, 6.07) is 11.8. The summed E-state index contributed by atoms with van der Waals surface area (Å²) in [4.78, 5) is 4.28. The Morgan fingerprint density at radius 2 is 2.00 bits per heavy atom. The molecule has 1 atom stereocenters. The minimum Gasteiger partial charge on any atom is -0.455 e. The first-order valence-electron chi connectivity index (χ1n) is 6.18. The van der Waals surface area contributed by atoms with E-state index in [1.165, 1.54) is 5.56 Å². The van der Waals surface area contributed by atoms with Crippen LogP contribution in [-0.4, -0.2) is 4.98 Å². The molecule has 0 radical (unpaired) electrons. The van der Waals surface area contributed by atoms with Crippen molar-refractivity contribution in [3.8, 4) is 11.5 Å². The molecule has 3 nitrogen and oxygen atoms in total. The van der Waals surface area contributed by atoms with Crippen molar-refractivity contribution in [2.45, 2.75) is 26.3 Å². The van der Waals surface area contributed by atoms with Crippen molar-refractivity contribution >= 4 is 0 Å². The Balaban J connectivity index is 2.18. The van der Waals surface area contributed by atoms with Gasteiger partial charge in [-0.25, -0.2) is 0 Å². The summed E-state index contributed by atoms with van der Waals surface area (Å²) in [5.74, 6) is 1.62. The second kappa shape index (κ2) is 5.65. The van der Waals surface area contributed by atoms with Crippen LogP contribution in [0.4, 0.5) is 0 Å². The topological polar surface area (TPSA) is 48.1 Å². The second-order valence-electron chi connectivity index (χ2n) is 4.27. The monoisotopic (exact) mass is 242 g/mol. The van der Waals surface area contributed by atoms with E-state index in [1.807, 2.05) is 37.3 Å². The van der Waals surface area contributed by atoms with Crippen LogP contribution in [0.1, 0.15) is 31.1 Å². The van der Waals surface area contributed by atoms with Crippen LogP contribution < -0.4 is 10.5 Å². The fourth-order valence-electron chi connectivity index (χ4n) is 1.74. The Kier molecular flexibility index (Phi) is 3.95. The number of nitrogens with zero attached hydrogens (tertiary/aromatic N) is 1. The highest BCUT2D eigenvalue weighted by atomic mass is 16.5. The van der Waals surface area contributed by atoms with Gasteiger partial charge in [0.15, 0.2) is 0 Å². The third-order valence-corrected chi connectivity index (χ3v) is 2.81. The molecule has 2 aromatic rings. The quantitative estimate of drug-likeness (QED) is 0.893. The van der Waals surface area contributed by atoms with E-state index < -0.39 is 0 Å². The predicted molar refractivity (Wildman–Crippen MR) is 72.7 cm³/mol. The molecule has 2 rings (SSSR count). The predicted octanol–water partition coefficient (Wildman–Crippen LogP) is 3.46. The molecule has 0 bridgehead atoms. The number of aryl methyl sites for hydroxylation is 1. The second-order valence-corrected chi connectivity index (χ2v) is 4.27. The molecule has 1 aromatic carbocycles. The summed E-state index contributed by atoms with van der Waals surface area (Å²) in [6.07, 6.45) is 2.66. The highest BCUT2D eigenvalue weighted by Gasteiger charge is 2.04. The number of nitrogens with two attached hydrogens (primary N) is 1. The maximum absolute atomic E-state index is 5.83. The molecule has 0 aliphatic carbocycles. The molecule has 94 valence electrons. The molecular weight excluding hydrogens is 224 g/mol. The molecule has 0 unspecified atom stereocenters. The first kappa shape index (κ1) is 12.6. The Labute approximate surface area is 108 Å². The largest absolute Gasteiger partial charge is 0.455 e. The number of benzene rings is 1. The van der Waals surface area contributed by atoms with Gasteiger partial charge in [0.25, 0.3) is 0 Å². The van der Waals surface area contributed by atoms with Gasteiger partial charge in [-0.15, -0.1) is 0 Å². The van der Waals surface area contributed by atoms with Crippen LogP contribution in [0.2, 0.25) is 0 Å². The SMILES string of the molecule is CCc1ccccc1Oc1ccc([C@H](C)N)nc1. The molecule has 2 N–H and O–H groups in total. The molecule has 0 saturated heterocycles. The zero-order valence-electron chi connectivity index (χ0n) is 10.8. The summed E-state index contributed by atoms with van der Waals surface area (Å²) in [5, 5.41) is 0. The fourth-order valence-corrected chi connectivity index (χ4v) is 1.74. The summed E-state index contributed by atoms with van der Waals surface area (Å²) in [7, 11) is 0. The third kappa shape index (κ3) is 2.87. The van der Waals surface area contributed by atoms with Crippen molar-refractivity contribution in [3.63, 3.8) is 0 Å². The van der Waals surface area contributed by atoms with Crippen LogP contribution in [0.3, 0.4) is 0 Å². The van der Waals surface area contributed by atoms with E-state index in [1.54, 1.807) is 6.20 Å². The van der Waals surface area contributed by atoms with Crippen LogP contribution in [-0.2, 0) is 6.42 Å². The lowest BCUT2D eigenvalue weighted by molar-refractivity contribution is 0.473. The minimum atomic E-state index is -0.0537. The van der Waals surface area contributed by atoms with Gasteiger partial charge in [0.05, 0.1) is 11.9 Å². The number of ether oxygens (including phenoxy) is 1. The smallest absolute Gasteiger partial charge is 0.145 e. The zero-order chi connectivity index (χ0) is 13.0. The maximum atomic E-state index is 5.83. The van der Waals surface area contributed by atoms with Crippen LogP contribution in [0.25, 0.3) is 0 Å². The van der Waals surface area contributed by atoms with Gasteiger partial charge in [0.2, 0.25) is 0 Å². The first-order valence-corrected chi connectivity index (χ1v) is 6.18. The van der Waals surface area contributed by atoms with Gasteiger partial charge in [-0.05, 0) is 37.1 Å². The lowest BCUT2D eigenvalue weighted by atomic mass is 10.1. The Morgan fingerprint density at radius 3 is 2.61 bits per heavy atom. The van der Waals surface area contributed by atoms with Gasteiger partial charge in [0.1, 0.15) is 11.5 Å². The van der Waals surface area contributed by atoms with Crippen molar-refractivity contribution in [2.24, 2.45) is 5.73 Å². The molecule has 0 amide bonds. The lowest BCUT2D eigenvalue weighted by Crippen LogP contribution is -2.06. The molecule has 0 aliphatic rings. The Bertz CT molecular complexity index is 506. The van der Waals surface area contributed by atoms with E-state index in [9.17, 15) is 0 Å². The standard InChI is InChI=1S/C15H18N2O/c1-3-12-6-4-5-7-15(12)18-13-8-9-14(11(2)16)17-10-13/h4-11H,3,16H2,1-2H3/t11-/m0/s1. The van der Waals surface area contributed by atoms with E-state index in [0.717, 1.165) is 23.6 Å². The van der Waals surface area contributed by atoms with Crippen molar-refractivity contribution < 1.29 is 4.74 Å². The van der Waals surface area contributed by atoms with Crippen LogP contribution in [0.15, 0.2) is 42.6 Å². The van der Waals surface area contributed by atoms with Gasteiger partial charge in [0, 0.05) is 6.04 Å². The average molecular weight is 242 g/mol. The van der Waals surface area contributed by atoms with Crippen LogP contribution in [0, 0.1) is 0 Å². The van der Waals surface area contributed by atoms with Crippen molar-refractivity contribution in [1.29, 1.82) is 0 Å². The molecule has 0 spiro atoms. The van der Waals surface area contributed by atoms with Gasteiger partial charge in [-0.2, -0.15) is 0 Å². The molecule has 3 heteroatoms. The number of hydrogen-bond donors (Lipinski definition) is 1. The Hall–Kier alpha value is -1.87. The van der Waals surface area contributed by atoms with E-state index in [-0.39, 0.29) is 6.04 Å². The average Bonchev–Trinajstić information content (AvgIpc) is 2.40. The summed E-state index contributed by atoms with van der Waals surface area (Å²) in [6.45, 7) is 4.02. The highest BCUT2D eigenvalue weighted by molar-refractivity contribution is 5.37. The summed E-state index contributed by atoms with van der Waals surface area (Å²) >= 11 is 0. The molecule has 18 heavy (non-hydrogen) atoms. The molecule has 1 heterocycles. The van der Waals surface area contributed by atoms with E-state index >= 15 is 0 Å². The number of rotatable bonds is 4. The number of hydrogen-bond acceptors (Lipinski definition) is 3. The molecular formula is C15H18N2O. The minimum absolute atomic E-state index is 0.0537. The maximum Gasteiger partial charge on any atom is 0.145 e. The fraction of sp³-hybridized carbons (Fsp3) is 0.267. The van der Waals surface area contributed by atoms with Gasteiger partial charge >= 0.3 is 0 Å². The van der Waals surface area contributed by atoms with Crippen molar-refractivity contribution in [3.05, 3.63) is 53.9 Å². The molecule has 1 aromatic heterocycles. The van der Waals surface area contributed by atoms with Gasteiger partial charge in [-0.3, -0.25) is 4.98 Å². The molecule has 0 saturated carbocycles.